The molecule has 0 heterocycles. The van der Waals surface area contributed by atoms with Gasteiger partial charge in [0, 0.05) is 4.57 Å². The van der Waals surface area contributed by atoms with E-state index in [2.05, 4.69) is 12.1 Å². The summed E-state index contributed by atoms with van der Waals surface area (Å²) in [7, 11) is -2.29. The molecule has 0 fully saturated rings. The first-order valence-electron chi connectivity index (χ1n) is 10.3. The maximum Gasteiger partial charge on any atom is 0.698 e. The van der Waals surface area contributed by atoms with Gasteiger partial charge in [0.15, 0.2) is 0 Å². The van der Waals surface area contributed by atoms with E-state index in [1.165, 1.54) is 0 Å². The van der Waals surface area contributed by atoms with E-state index in [1.807, 2.05) is 39.8 Å². The third kappa shape index (κ3) is 5.32. The van der Waals surface area contributed by atoms with Crippen molar-refractivity contribution in [1.82, 2.24) is 0 Å². The van der Waals surface area contributed by atoms with Crippen LogP contribution < -0.4 is 0 Å². The van der Waals surface area contributed by atoms with Crippen molar-refractivity contribution in [2.24, 2.45) is 0 Å². The molecule has 0 N–H and O–H groups in total. The fraction of sp³-hybridized carbons (Fsp3) is 0.417. The summed E-state index contributed by atoms with van der Waals surface area (Å²) in [5, 5.41) is 18.6. The van der Waals surface area contributed by atoms with Crippen LogP contribution in [-0.4, -0.2) is 0 Å². The van der Waals surface area contributed by atoms with Gasteiger partial charge in [-0.1, -0.05) is 39.8 Å². The van der Waals surface area contributed by atoms with Crippen molar-refractivity contribution in [3.05, 3.63) is 68.8 Å². The summed E-state index contributed by atoms with van der Waals surface area (Å²) >= 11 is 0. The molecule has 156 valence electrons. The van der Waals surface area contributed by atoms with Crippen LogP contribution in [0.15, 0.2) is 24.3 Å². The topological polar surface area (TPSA) is 83.1 Å². The molecule has 2 aromatic carbocycles. The second kappa shape index (κ2) is 11.6. The van der Waals surface area contributed by atoms with E-state index in [9.17, 15) is 15.1 Å². The molecule has 2 aromatic rings. The largest absolute Gasteiger partial charge is 0.698 e. The molecule has 0 saturated carbocycles. The van der Waals surface area contributed by atoms with E-state index in [-0.39, 0.29) is 13.2 Å². The molecule has 0 aliphatic heterocycles. The van der Waals surface area contributed by atoms with E-state index in [0.717, 1.165) is 59.1 Å². The van der Waals surface area contributed by atoms with E-state index in [4.69, 9.17) is 9.05 Å². The van der Waals surface area contributed by atoms with Crippen LogP contribution in [0.25, 0.3) is 0 Å². The van der Waals surface area contributed by atoms with Gasteiger partial charge in [0.25, 0.3) is 0 Å². The zero-order valence-electron chi connectivity index (χ0n) is 18.1. The average molecular weight is 423 g/mol. The Morgan fingerprint density at radius 2 is 1.07 bits per heavy atom. The number of nitrogens with zero attached hydrogens (tertiary/aromatic N) is 2. The van der Waals surface area contributed by atoms with Crippen LogP contribution in [0, 0.1) is 22.7 Å². The smallest absolute Gasteiger partial charge is 0.192 e. The van der Waals surface area contributed by atoms with Gasteiger partial charge in [0.2, 0.25) is 0 Å². The summed E-state index contributed by atoms with van der Waals surface area (Å²) in [4.78, 5) is 0. The molecule has 0 spiro atoms. The molecule has 30 heavy (non-hydrogen) atoms. The first-order valence-corrected chi connectivity index (χ1v) is 11.4. The van der Waals surface area contributed by atoms with Crippen LogP contribution in [0.3, 0.4) is 0 Å². The predicted octanol–water partition coefficient (Wildman–Crippen LogP) is 6.07. The zero-order chi connectivity index (χ0) is 22.1. The Labute approximate surface area is 180 Å². The van der Waals surface area contributed by atoms with Crippen LogP contribution in [-0.2, 0) is 52.5 Å². The summed E-state index contributed by atoms with van der Waals surface area (Å²) in [6, 6.07) is 11.8. The quantitative estimate of drug-likeness (QED) is 0.433. The highest BCUT2D eigenvalue weighted by Crippen LogP contribution is 2.31. The van der Waals surface area contributed by atoms with Crippen LogP contribution in [0.5, 0.6) is 0 Å². The van der Waals surface area contributed by atoms with E-state index >= 15 is 0 Å². The number of rotatable bonds is 10. The van der Waals surface area contributed by atoms with Gasteiger partial charge in [-0.15, -0.1) is 9.05 Å². The van der Waals surface area contributed by atoms with Crippen molar-refractivity contribution in [1.29, 1.82) is 10.5 Å². The normalized spacial score (nSPS) is 10.5. The van der Waals surface area contributed by atoms with E-state index in [0.29, 0.717) is 11.1 Å². The molecule has 0 bridgehead atoms. The molecule has 2 rings (SSSR count). The highest BCUT2D eigenvalue weighted by atomic mass is 31.1. The predicted molar refractivity (Wildman–Crippen MR) is 117 cm³/mol. The Balaban J connectivity index is 2.09. The number of nitriles is 2. The summed E-state index contributed by atoms with van der Waals surface area (Å²) in [6.45, 7) is 8.47. The van der Waals surface area contributed by atoms with Crippen molar-refractivity contribution in [3.63, 3.8) is 0 Å². The van der Waals surface area contributed by atoms with Crippen molar-refractivity contribution >= 4 is 8.25 Å². The molecule has 0 unspecified atom stereocenters. The van der Waals surface area contributed by atoms with Crippen LogP contribution in [0.4, 0.5) is 0 Å². The second-order valence-electron chi connectivity index (χ2n) is 6.87. The van der Waals surface area contributed by atoms with Crippen LogP contribution in [0.1, 0.15) is 72.2 Å². The van der Waals surface area contributed by atoms with Gasteiger partial charge in [-0.3, -0.25) is 0 Å². The van der Waals surface area contributed by atoms with Gasteiger partial charge in [-0.05, 0) is 71.2 Å². The summed E-state index contributed by atoms with van der Waals surface area (Å²) in [6.07, 6.45) is 3.08. The zero-order valence-corrected chi connectivity index (χ0v) is 19.0. The van der Waals surface area contributed by atoms with Crippen LogP contribution >= 0.6 is 8.25 Å². The standard InChI is InChI=1S/C24H28N2O3P/c1-5-21-17(13-25)9-11-19(23(21)7-3)15-28-30(27)29-16-20-12-10-18(14-26)22(6-2)24(20)8-4/h9-12H,5-8,15-16H2,1-4H3/q+1. The first-order chi connectivity index (χ1) is 14.5. The summed E-state index contributed by atoms with van der Waals surface area (Å²) in [5.41, 5.74) is 7.42. The molecule has 0 aliphatic carbocycles. The highest BCUT2D eigenvalue weighted by Gasteiger charge is 2.23. The molecule has 6 heteroatoms. The molecular formula is C24H28N2O3P+. The first kappa shape index (κ1) is 23.7. The Morgan fingerprint density at radius 1 is 0.700 bits per heavy atom. The van der Waals surface area contributed by atoms with Gasteiger partial charge >= 0.3 is 8.25 Å². The van der Waals surface area contributed by atoms with Crippen molar-refractivity contribution in [2.75, 3.05) is 0 Å². The molecule has 0 aromatic heterocycles. The maximum absolute atomic E-state index is 12.3. The Hall–Kier alpha value is -2.56. The molecular weight excluding hydrogens is 395 g/mol. The lowest BCUT2D eigenvalue weighted by molar-refractivity contribution is 0.212. The number of hydrogen-bond acceptors (Lipinski definition) is 5. The fourth-order valence-electron chi connectivity index (χ4n) is 3.93. The van der Waals surface area contributed by atoms with E-state index in [1.54, 1.807) is 12.1 Å². The van der Waals surface area contributed by atoms with E-state index < -0.39 is 8.25 Å². The lowest BCUT2D eigenvalue weighted by Crippen LogP contribution is -2.03. The molecule has 0 saturated heterocycles. The van der Waals surface area contributed by atoms with Crippen molar-refractivity contribution in [3.8, 4) is 12.1 Å². The van der Waals surface area contributed by atoms with Gasteiger partial charge in [0.1, 0.15) is 13.2 Å². The third-order valence-electron chi connectivity index (χ3n) is 5.36. The summed E-state index contributed by atoms with van der Waals surface area (Å²) in [5.74, 6) is 0. The summed E-state index contributed by atoms with van der Waals surface area (Å²) < 4.78 is 23.3. The monoisotopic (exact) mass is 423 g/mol. The van der Waals surface area contributed by atoms with Gasteiger partial charge in [-0.25, -0.2) is 0 Å². The minimum Gasteiger partial charge on any atom is -0.192 e. The molecule has 0 atom stereocenters. The Kier molecular flexibility index (Phi) is 9.15. The Morgan fingerprint density at radius 3 is 1.37 bits per heavy atom. The molecule has 0 radical (unpaired) electrons. The number of hydrogen-bond donors (Lipinski definition) is 0. The molecule has 5 nitrogen and oxygen atoms in total. The SMILES string of the molecule is CCc1c(C#N)ccc(CO[P+](=O)OCc2ccc(C#N)c(CC)c2CC)c1CC. The highest BCUT2D eigenvalue weighted by molar-refractivity contribution is 7.33. The lowest BCUT2D eigenvalue weighted by atomic mass is 9.93. The minimum atomic E-state index is -2.29. The lowest BCUT2D eigenvalue weighted by Gasteiger charge is -2.13. The fourth-order valence-corrected chi connectivity index (χ4v) is 4.50. The molecule has 0 aliphatic rings. The second-order valence-corrected chi connectivity index (χ2v) is 7.83. The number of benzene rings is 2. The van der Waals surface area contributed by atoms with Crippen molar-refractivity contribution in [2.45, 2.75) is 66.6 Å². The van der Waals surface area contributed by atoms with Gasteiger partial charge in [-0.2, -0.15) is 10.5 Å². The van der Waals surface area contributed by atoms with Crippen molar-refractivity contribution < 1.29 is 13.6 Å². The van der Waals surface area contributed by atoms with Gasteiger partial charge in [0.05, 0.1) is 23.3 Å². The van der Waals surface area contributed by atoms with Gasteiger partial charge < -0.3 is 0 Å². The maximum atomic E-state index is 12.3. The minimum absolute atomic E-state index is 0.172. The van der Waals surface area contributed by atoms with Crippen LogP contribution in [0.2, 0.25) is 0 Å². The average Bonchev–Trinajstić information content (AvgIpc) is 2.79. The third-order valence-corrected chi connectivity index (χ3v) is 6.04. The molecule has 0 amide bonds. The Bertz CT molecular complexity index is 923.